The summed E-state index contributed by atoms with van der Waals surface area (Å²) < 4.78 is 24.5. The van der Waals surface area contributed by atoms with Gasteiger partial charge in [0.25, 0.3) is 0 Å². The largest absolute Gasteiger partial charge is 0.330 e. The lowest BCUT2D eigenvalue weighted by molar-refractivity contribution is -0.123. The molecular formula is C13H26N2O3S. The highest BCUT2D eigenvalue weighted by Gasteiger charge is 2.28. The molecule has 19 heavy (non-hydrogen) atoms. The zero-order valence-corrected chi connectivity index (χ0v) is 12.8. The summed E-state index contributed by atoms with van der Waals surface area (Å²) in [6, 6.07) is 0. The molecule has 5 nitrogen and oxygen atoms in total. The Morgan fingerprint density at radius 3 is 2.74 bits per heavy atom. The topological polar surface area (TPSA) is 80.5 Å². The second-order valence-corrected chi connectivity index (χ2v) is 7.61. The Kier molecular flexibility index (Phi) is 6.42. The molecular weight excluding hydrogens is 264 g/mol. The third-order valence-corrected chi connectivity index (χ3v) is 5.10. The highest BCUT2D eigenvalue weighted by atomic mass is 32.2. The molecule has 2 atom stereocenters. The van der Waals surface area contributed by atoms with E-state index in [0.29, 0.717) is 26.1 Å². The van der Waals surface area contributed by atoms with Crippen LogP contribution in [0, 0.1) is 11.8 Å². The number of carbonyl (C=O) groups excluding carboxylic acids is 1. The molecule has 2 N–H and O–H groups in total. The van der Waals surface area contributed by atoms with E-state index in [4.69, 9.17) is 5.73 Å². The lowest BCUT2D eigenvalue weighted by Gasteiger charge is -2.31. The summed E-state index contributed by atoms with van der Waals surface area (Å²) in [5.74, 6) is 0.460. The van der Waals surface area contributed by atoms with Crippen LogP contribution in [0.4, 0.5) is 0 Å². The van der Waals surface area contributed by atoms with Gasteiger partial charge >= 0.3 is 0 Å². The fourth-order valence-corrected chi connectivity index (χ4v) is 3.51. The maximum absolute atomic E-state index is 12.1. The van der Waals surface area contributed by atoms with E-state index in [1.807, 2.05) is 6.92 Å². The van der Waals surface area contributed by atoms with Gasteiger partial charge in [-0.25, -0.2) is 12.7 Å². The van der Waals surface area contributed by atoms with Crippen molar-refractivity contribution in [2.45, 2.75) is 39.0 Å². The van der Waals surface area contributed by atoms with Crippen molar-refractivity contribution in [2.75, 3.05) is 25.9 Å². The monoisotopic (exact) mass is 290 g/mol. The number of rotatable bonds is 7. The molecule has 1 aliphatic heterocycles. The van der Waals surface area contributed by atoms with Crippen molar-refractivity contribution in [3.63, 3.8) is 0 Å². The molecule has 0 aliphatic carbocycles. The molecule has 1 saturated heterocycles. The van der Waals surface area contributed by atoms with Gasteiger partial charge < -0.3 is 5.73 Å². The van der Waals surface area contributed by atoms with Crippen LogP contribution < -0.4 is 5.73 Å². The lowest BCUT2D eigenvalue weighted by atomic mass is 9.88. The predicted molar refractivity (Wildman–Crippen MR) is 76.2 cm³/mol. The normalized spacial score (nSPS) is 23.2. The molecule has 0 aromatic rings. The van der Waals surface area contributed by atoms with E-state index in [0.717, 1.165) is 25.7 Å². The third kappa shape index (κ3) is 5.58. The van der Waals surface area contributed by atoms with Gasteiger partial charge in [-0.3, -0.25) is 4.79 Å². The molecule has 0 aromatic carbocycles. The standard InChI is InChI=1S/C13H26N2O3S/c1-11(5-3-7-14)13(16)9-12-6-4-8-15(10-12)19(2,17)18/h11-12H,3-10,14H2,1-2H3. The number of nitrogens with two attached hydrogens (primary N) is 1. The van der Waals surface area contributed by atoms with Crippen LogP contribution in [0.1, 0.15) is 39.0 Å². The van der Waals surface area contributed by atoms with E-state index in [1.54, 1.807) is 0 Å². The molecule has 2 unspecified atom stereocenters. The van der Waals surface area contributed by atoms with Crippen molar-refractivity contribution in [3.8, 4) is 0 Å². The van der Waals surface area contributed by atoms with Crippen LogP contribution in [0.15, 0.2) is 0 Å². The number of ketones is 1. The van der Waals surface area contributed by atoms with E-state index >= 15 is 0 Å². The molecule has 0 amide bonds. The summed E-state index contributed by atoms with van der Waals surface area (Å²) in [4.78, 5) is 12.1. The first-order valence-electron chi connectivity index (χ1n) is 7.02. The summed E-state index contributed by atoms with van der Waals surface area (Å²) >= 11 is 0. The van der Waals surface area contributed by atoms with Crippen LogP contribution in [0.2, 0.25) is 0 Å². The van der Waals surface area contributed by atoms with Crippen molar-refractivity contribution < 1.29 is 13.2 Å². The number of hydrogen-bond acceptors (Lipinski definition) is 4. The van der Waals surface area contributed by atoms with Gasteiger partial charge in [-0.1, -0.05) is 6.92 Å². The maximum Gasteiger partial charge on any atom is 0.211 e. The minimum atomic E-state index is -3.12. The van der Waals surface area contributed by atoms with Gasteiger partial charge in [0.2, 0.25) is 10.0 Å². The second kappa shape index (κ2) is 7.36. The minimum Gasteiger partial charge on any atom is -0.330 e. The summed E-state index contributed by atoms with van der Waals surface area (Å²) in [5, 5.41) is 0. The van der Waals surface area contributed by atoms with Crippen LogP contribution in [0.3, 0.4) is 0 Å². The van der Waals surface area contributed by atoms with Gasteiger partial charge in [-0.2, -0.15) is 0 Å². The van der Waals surface area contributed by atoms with Gasteiger partial charge in [0, 0.05) is 25.4 Å². The average Bonchev–Trinajstić information content (AvgIpc) is 2.35. The number of carbonyl (C=O) groups is 1. The molecule has 1 rings (SSSR count). The third-order valence-electron chi connectivity index (χ3n) is 3.83. The van der Waals surface area contributed by atoms with Crippen molar-refractivity contribution in [2.24, 2.45) is 17.6 Å². The molecule has 1 heterocycles. The number of piperidine rings is 1. The highest BCUT2D eigenvalue weighted by Crippen LogP contribution is 2.23. The van der Waals surface area contributed by atoms with Gasteiger partial charge in [-0.15, -0.1) is 0 Å². The summed E-state index contributed by atoms with van der Waals surface area (Å²) in [7, 11) is -3.12. The van der Waals surface area contributed by atoms with Gasteiger partial charge in [0.15, 0.2) is 0 Å². The SMILES string of the molecule is CC(CCCN)C(=O)CC1CCCN(S(C)(=O)=O)C1. The van der Waals surface area contributed by atoms with Crippen molar-refractivity contribution in [1.82, 2.24) is 4.31 Å². The zero-order valence-electron chi connectivity index (χ0n) is 12.0. The molecule has 1 aliphatic rings. The molecule has 0 radical (unpaired) electrons. The number of hydrogen-bond donors (Lipinski definition) is 1. The van der Waals surface area contributed by atoms with E-state index in [2.05, 4.69) is 0 Å². The predicted octanol–water partition coefficient (Wildman–Crippen LogP) is 0.992. The van der Waals surface area contributed by atoms with Crippen LogP contribution in [-0.4, -0.2) is 44.4 Å². The molecule has 0 spiro atoms. The molecule has 6 heteroatoms. The molecule has 0 bridgehead atoms. The Balaban J connectivity index is 2.46. The van der Waals surface area contributed by atoms with E-state index in [1.165, 1.54) is 10.6 Å². The highest BCUT2D eigenvalue weighted by molar-refractivity contribution is 7.88. The number of sulfonamides is 1. The molecule has 112 valence electrons. The average molecular weight is 290 g/mol. The summed E-state index contributed by atoms with van der Waals surface area (Å²) in [6.07, 6.45) is 5.23. The maximum atomic E-state index is 12.1. The van der Waals surface area contributed by atoms with Crippen molar-refractivity contribution in [3.05, 3.63) is 0 Å². The Bertz CT molecular complexity index is 395. The van der Waals surface area contributed by atoms with Crippen molar-refractivity contribution in [1.29, 1.82) is 0 Å². The number of nitrogens with zero attached hydrogens (tertiary/aromatic N) is 1. The molecule has 0 aromatic heterocycles. The Labute approximate surface area is 116 Å². The Morgan fingerprint density at radius 2 is 2.16 bits per heavy atom. The fourth-order valence-electron chi connectivity index (χ4n) is 2.57. The van der Waals surface area contributed by atoms with Crippen molar-refractivity contribution >= 4 is 15.8 Å². The first kappa shape index (κ1) is 16.6. The van der Waals surface area contributed by atoms with Gasteiger partial charge in [0.05, 0.1) is 6.26 Å². The zero-order chi connectivity index (χ0) is 14.5. The van der Waals surface area contributed by atoms with Crippen LogP contribution in [0.5, 0.6) is 0 Å². The Hall–Kier alpha value is -0.460. The van der Waals surface area contributed by atoms with Crippen LogP contribution in [0.25, 0.3) is 0 Å². The number of Topliss-reactive ketones (excluding diaryl/α,β-unsaturated/α-hetero) is 1. The van der Waals surface area contributed by atoms with Gasteiger partial charge in [0.1, 0.15) is 5.78 Å². The smallest absolute Gasteiger partial charge is 0.211 e. The fraction of sp³-hybridized carbons (Fsp3) is 0.923. The van der Waals surface area contributed by atoms with Crippen LogP contribution >= 0.6 is 0 Å². The summed E-state index contributed by atoms with van der Waals surface area (Å²) in [5.41, 5.74) is 5.44. The first-order valence-corrected chi connectivity index (χ1v) is 8.87. The second-order valence-electron chi connectivity index (χ2n) is 5.63. The minimum absolute atomic E-state index is 0.0390. The van der Waals surface area contributed by atoms with E-state index in [-0.39, 0.29) is 17.6 Å². The van der Waals surface area contributed by atoms with Gasteiger partial charge in [-0.05, 0) is 38.1 Å². The first-order chi connectivity index (χ1) is 8.84. The molecule has 1 fully saturated rings. The quantitative estimate of drug-likeness (QED) is 0.758. The van der Waals surface area contributed by atoms with E-state index in [9.17, 15) is 13.2 Å². The van der Waals surface area contributed by atoms with E-state index < -0.39 is 10.0 Å². The molecule has 0 saturated carbocycles. The van der Waals surface area contributed by atoms with Crippen LogP contribution in [-0.2, 0) is 14.8 Å². The Morgan fingerprint density at radius 1 is 1.47 bits per heavy atom. The summed E-state index contributed by atoms with van der Waals surface area (Å²) in [6.45, 7) is 3.64. The lowest BCUT2D eigenvalue weighted by Crippen LogP contribution is -2.40.